The van der Waals surface area contributed by atoms with Crippen molar-refractivity contribution in [3.8, 4) is 0 Å². The molecule has 1 amide bonds. The summed E-state index contributed by atoms with van der Waals surface area (Å²) in [5, 5.41) is 10.6. The first-order chi connectivity index (χ1) is 9.22. The number of anilines is 1. The molecule has 6 heteroatoms. The van der Waals surface area contributed by atoms with Crippen LogP contribution in [0, 0.1) is 0 Å². The number of H-pyrrole nitrogens is 1. The number of rotatable bonds is 2. The third-order valence-corrected chi connectivity index (χ3v) is 3.16. The molecule has 0 aliphatic rings. The molecule has 0 fully saturated rings. The van der Waals surface area contributed by atoms with Crippen LogP contribution < -0.4 is 5.32 Å². The zero-order chi connectivity index (χ0) is 13.2. The summed E-state index contributed by atoms with van der Waals surface area (Å²) < 4.78 is 0.698. The molecule has 0 radical (unpaired) electrons. The van der Waals surface area contributed by atoms with Gasteiger partial charge in [0.05, 0.1) is 17.3 Å². The quantitative estimate of drug-likeness (QED) is 0.714. The molecule has 0 bridgehead atoms. The number of halogens is 1. The average Bonchev–Trinajstić information content (AvgIpc) is 2.87. The molecule has 2 heterocycles. The van der Waals surface area contributed by atoms with Crippen LogP contribution in [0.5, 0.6) is 0 Å². The van der Waals surface area contributed by atoms with E-state index < -0.39 is 0 Å². The van der Waals surface area contributed by atoms with Crippen molar-refractivity contribution in [2.45, 2.75) is 0 Å². The Hall–Kier alpha value is -2.21. The van der Waals surface area contributed by atoms with Gasteiger partial charge in [-0.25, -0.2) is 4.98 Å². The molecule has 3 aromatic rings. The molecular formula is C13H9BrN4O. The van der Waals surface area contributed by atoms with Crippen molar-refractivity contribution in [1.82, 2.24) is 15.2 Å². The number of aromatic nitrogens is 3. The van der Waals surface area contributed by atoms with E-state index in [9.17, 15) is 4.79 Å². The van der Waals surface area contributed by atoms with Gasteiger partial charge >= 0.3 is 0 Å². The van der Waals surface area contributed by atoms with Gasteiger partial charge in [-0.15, -0.1) is 0 Å². The van der Waals surface area contributed by atoms with E-state index in [1.54, 1.807) is 18.3 Å². The fraction of sp³-hybridized carbons (Fsp3) is 0. The Morgan fingerprint density at radius 1 is 1.21 bits per heavy atom. The maximum absolute atomic E-state index is 12.0. The standard InChI is InChI=1S/C13H9BrN4O/c14-12-4-1-8(6-15-12)13(19)17-10-2-3-11-9(5-10)7-16-18-11/h1-7H,(H,16,18)(H,17,19). The van der Waals surface area contributed by atoms with Crippen LogP contribution in [-0.4, -0.2) is 21.1 Å². The summed E-state index contributed by atoms with van der Waals surface area (Å²) in [6, 6.07) is 9.00. The van der Waals surface area contributed by atoms with Crippen LogP contribution in [0.2, 0.25) is 0 Å². The van der Waals surface area contributed by atoms with E-state index in [4.69, 9.17) is 0 Å². The fourth-order valence-corrected chi connectivity index (χ4v) is 1.97. The van der Waals surface area contributed by atoms with Gasteiger partial charge in [0, 0.05) is 17.3 Å². The minimum atomic E-state index is -0.192. The molecule has 0 aliphatic heterocycles. The minimum Gasteiger partial charge on any atom is -0.322 e. The summed E-state index contributed by atoms with van der Waals surface area (Å²) >= 11 is 3.23. The number of benzene rings is 1. The van der Waals surface area contributed by atoms with Gasteiger partial charge in [-0.3, -0.25) is 9.89 Å². The smallest absolute Gasteiger partial charge is 0.257 e. The molecule has 1 aromatic carbocycles. The third kappa shape index (κ3) is 2.48. The monoisotopic (exact) mass is 316 g/mol. The molecule has 2 N–H and O–H groups in total. The molecule has 0 saturated carbocycles. The van der Waals surface area contributed by atoms with Gasteiger partial charge < -0.3 is 5.32 Å². The van der Waals surface area contributed by atoms with Gasteiger partial charge in [0.15, 0.2) is 0 Å². The van der Waals surface area contributed by atoms with Crippen LogP contribution in [0.15, 0.2) is 47.3 Å². The summed E-state index contributed by atoms with van der Waals surface area (Å²) in [4.78, 5) is 16.0. The van der Waals surface area contributed by atoms with E-state index in [1.165, 1.54) is 6.20 Å². The first kappa shape index (κ1) is 11.9. The van der Waals surface area contributed by atoms with Gasteiger partial charge in [-0.1, -0.05) is 0 Å². The van der Waals surface area contributed by atoms with Crippen LogP contribution in [0.1, 0.15) is 10.4 Å². The highest BCUT2D eigenvalue weighted by Crippen LogP contribution is 2.17. The Morgan fingerprint density at radius 2 is 2.11 bits per heavy atom. The molecular weight excluding hydrogens is 308 g/mol. The first-order valence-electron chi connectivity index (χ1n) is 5.58. The number of pyridine rings is 1. The minimum absolute atomic E-state index is 0.192. The number of nitrogens with zero attached hydrogens (tertiary/aromatic N) is 2. The van der Waals surface area contributed by atoms with Crippen molar-refractivity contribution in [3.63, 3.8) is 0 Å². The highest BCUT2D eigenvalue weighted by Gasteiger charge is 2.07. The van der Waals surface area contributed by atoms with Crippen LogP contribution in [0.3, 0.4) is 0 Å². The predicted octanol–water partition coefficient (Wildman–Crippen LogP) is 2.97. The van der Waals surface area contributed by atoms with Crippen molar-refractivity contribution in [3.05, 3.63) is 52.9 Å². The Morgan fingerprint density at radius 3 is 2.89 bits per heavy atom. The fourth-order valence-electron chi connectivity index (χ4n) is 1.73. The molecule has 0 unspecified atom stereocenters. The molecule has 3 rings (SSSR count). The number of hydrogen-bond donors (Lipinski definition) is 2. The number of amides is 1. The molecule has 94 valence electrons. The van der Waals surface area contributed by atoms with Crippen molar-refractivity contribution in [2.24, 2.45) is 0 Å². The second kappa shape index (κ2) is 4.81. The molecule has 5 nitrogen and oxygen atoms in total. The normalized spacial score (nSPS) is 10.6. The molecule has 0 saturated heterocycles. The maximum atomic E-state index is 12.0. The zero-order valence-corrected chi connectivity index (χ0v) is 11.3. The molecule has 0 spiro atoms. The van der Waals surface area contributed by atoms with Crippen LogP contribution in [0.4, 0.5) is 5.69 Å². The number of carbonyl (C=O) groups is 1. The zero-order valence-electron chi connectivity index (χ0n) is 9.72. The number of carbonyl (C=O) groups excluding carboxylic acids is 1. The lowest BCUT2D eigenvalue weighted by Gasteiger charge is -2.05. The SMILES string of the molecule is O=C(Nc1ccc2[nH]ncc2c1)c1ccc(Br)nc1. The van der Waals surface area contributed by atoms with Gasteiger partial charge in [0.1, 0.15) is 4.60 Å². The van der Waals surface area contributed by atoms with E-state index in [1.807, 2.05) is 18.2 Å². The average molecular weight is 317 g/mol. The van der Waals surface area contributed by atoms with E-state index in [-0.39, 0.29) is 5.91 Å². The summed E-state index contributed by atoms with van der Waals surface area (Å²) in [6.45, 7) is 0. The van der Waals surface area contributed by atoms with E-state index in [2.05, 4.69) is 36.4 Å². The largest absolute Gasteiger partial charge is 0.322 e. The molecule has 19 heavy (non-hydrogen) atoms. The predicted molar refractivity (Wildman–Crippen MR) is 76.0 cm³/mol. The lowest BCUT2D eigenvalue weighted by molar-refractivity contribution is 0.102. The topological polar surface area (TPSA) is 70.7 Å². The second-order valence-corrected chi connectivity index (χ2v) is 4.81. The van der Waals surface area contributed by atoms with E-state index in [0.29, 0.717) is 10.2 Å². The highest BCUT2D eigenvalue weighted by molar-refractivity contribution is 9.10. The van der Waals surface area contributed by atoms with Crippen molar-refractivity contribution >= 4 is 38.4 Å². The van der Waals surface area contributed by atoms with E-state index in [0.717, 1.165) is 16.6 Å². The Bertz CT molecular complexity index is 736. The lowest BCUT2D eigenvalue weighted by Crippen LogP contribution is -2.11. The lowest BCUT2D eigenvalue weighted by atomic mass is 10.2. The summed E-state index contributed by atoms with van der Waals surface area (Å²) in [5.41, 5.74) is 2.17. The second-order valence-electron chi connectivity index (χ2n) is 4.00. The summed E-state index contributed by atoms with van der Waals surface area (Å²) in [7, 11) is 0. The third-order valence-electron chi connectivity index (χ3n) is 2.69. The molecule has 0 aliphatic carbocycles. The van der Waals surface area contributed by atoms with Gasteiger partial charge in [-0.05, 0) is 46.3 Å². The van der Waals surface area contributed by atoms with Crippen LogP contribution in [-0.2, 0) is 0 Å². The van der Waals surface area contributed by atoms with Crippen molar-refractivity contribution in [1.29, 1.82) is 0 Å². The number of fused-ring (bicyclic) bond motifs is 1. The Labute approximate surface area is 117 Å². The number of hydrogen-bond acceptors (Lipinski definition) is 3. The van der Waals surface area contributed by atoms with Crippen LogP contribution >= 0.6 is 15.9 Å². The van der Waals surface area contributed by atoms with Gasteiger partial charge in [0.25, 0.3) is 5.91 Å². The molecule has 2 aromatic heterocycles. The van der Waals surface area contributed by atoms with Crippen molar-refractivity contribution in [2.75, 3.05) is 5.32 Å². The first-order valence-corrected chi connectivity index (χ1v) is 6.38. The Balaban J connectivity index is 1.83. The van der Waals surface area contributed by atoms with E-state index >= 15 is 0 Å². The van der Waals surface area contributed by atoms with Gasteiger partial charge in [0.2, 0.25) is 0 Å². The maximum Gasteiger partial charge on any atom is 0.257 e. The Kier molecular flexibility index (Phi) is 3.00. The molecule has 0 atom stereocenters. The highest BCUT2D eigenvalue weighted by atomic mass is 79.9. The number of nitrogens with one attached hydrogen (secondary N) is 2. The van der Waals surface area contributed by atoms with Gasteiger partial charge in [-0.2, -0.15) is 5.10 Å². The summed E-state index contributed by atoms with van der Waals surface area (Å²) in [5.74, 6) is -0.192. The number of aromatic amines is 1. The van der Waals surface area contributed by atoms with Crippen LogP contribution in [0.25, 0.3) is 10.9 Å². The summed E-state index contributed by atoms with van der Waals surface area (Å²) in [6.07, 6.45) is 3.24. The van der Waals surface area contributed by atoms with Crippen molar-refractivity contribution < 1.29 is 4.79 Å².